The number of anilines is 1. The Morgan fingerprint density at radius 2 is 2.23 bits per heavy atom. The van der Waals surface area contributed by atoms with Crippen molar-refractivity contribution in [1.29, 1.82) is 0 Å². The van der Waals surface area contributed by atoms with Gasteiger partial charge in [0.05, 0.1) is 24.0 Å². The Morgan fingerprint density at radius 3 is 2.88 bits per heavy atom. The number of likely N-dealkylation sites (tertiary alicyclic amines) is 1. The molecule has 2 saturated heterocycles. The molecule has 2 aliphatic rings. The average molecular weight is 373 g/mol. The maximum atomic E-state index is 12.7. The first-order valence-electron chi connectivity index (χ1n) is 8.77. The van der Waals surface area contributed by atoms with Crippen LogP contribution in [0.1, 0.15) is 18.9 Å². The quantitative estimate of drug-likeness (QED) is 0.814. The van der Waals surface area contributed by atoms with Crippen LogP contribution >= 0.6 is 11.3 Å². The lowest BCUT2D eigenvalue weighted by atomic mass is 9.92. The molecule has 2 aromatic rings. The number of nitrogens with zero attached hydrogens (tertiary/aromatic N) is 5. The molecule has 0 radical (unpaired) electrons. The summed E-state index contributed by atoms with van der Waals surface area (Å²) in [6.07, 6.45) is 4.45. The summed E-state index contributed by atoms with van der Waals surface area (Å²) in [4.78, 5) is 30.9. The SMILES string of the molecule is CC(=O)N1CC(=O)N(c2cnn(C)c2)C[C@@]12CCN(Cc1ccsc1)C2. The molecule has 2 aliphatic heterocycles. The number of carbonyl (C=O) groups is 2. The summed E-state index contributed by atoms with van der Waals surface area (Å²) in [7, 11) is 1.84. The van der Waals surface area contributed by atoms with Crippen molar-refractivity contribution in [1.82, 2.24) is 19.6 Å². The summed E-state index contributed by atoms with van der Waals surface area (Å²) >= 11 is 1.70. The third kappa shape index (κ3) is 3.03. The van der Waals surface area contributed by atoms with Crippen LogP contribution in [-0.4, -0.2) is 63.1 Å². The fourth-order valence-corrected chi connectivity index (χ4v) is 4.81. The molecule has 0 aromatic carbocycles. The van der Waals surface area contributed by atoms with Crippen molar-refractivity contribution in [3.8, 4) is 0 Å². The van der Waals surface area contributed by atoms with Crippen molar-refractivity contribution >= 4 is 28.8 Å². The van der Waals surface area contributed by atoms with Gasteiger partial charge in [-0.15, -0.1) is 0 Å². The van der Waals surface area contributed by atoms with E-state index in [0.29, 0.717) is 6.54 Å². The second-order valence-electron chi connectivity index (χ2n) is 7.27. The van der Waals surface area contributed by atoms with E-state index in [9.17, 15) is 9.59 Å². The van der Waals surface area contributed by atoms with Gasteiger partial charge in [-0.05, 0) is 28.8 Å². The molecule has 8 heteroatoms. The second-order valence-corrected chi connectivity index (χ2v) is 8.05. The summed E-state index contributed by atoms with van der Waals surface area (Å²) in [6, 6.07) is 2.14. The van der Waals surface area contributed by atoms with E-state index in [0.717, 1.165) is 31.7 Å². The van der Waals surface area contributed by atoms with E-state index in [1.54, 1.807) is 38.9 Å². The lowest BCUT2D eigenvalue weighted by Crippen LogP contribution is -2.66. The highest BCUT2D eigenvalue weighted by Gasteiger charge is 2.50. The molecule has 0 N–H and O–H groups in total. The number of piperazine rings is 1. The van der Waals surface area contributed by atoms with Crippen LogP contribution in [-0.2, 0) is 23.2 Å². The van der Waals surface area contributed by atoms with Crippen molar-refractivity contribution < 1.29 is 9.59 Å². The maximum Gasteiger partial charge on any atom is 0.246 e. The van der Waals surface area contributed by atoms with Gasteiger partial charge >= 0.3 is 0 Å². The van der Waals surface area contributed by atoms with Crippen LogP contribution in [0.3, 0.4) is 0 Å². The third-order valence-electron chi connectivity index (χ3n) is 5.40. The maximum absolute atomic E-state index is 12.7. The van der Waals surface area contributed by atoms with E-state index in [2.05, 4.69) is 26.8 Å². The number of amides is 2. The Morgan fingerprint density at radius 1 is 1.38 bits per heavy atom. The molecule has 0 bridgehead atoms. The van der Waals surface area contributed by atoms with Gasteiger partial charge in [-0.1, -0.05) is 0 Å². The van der Waals surface area contributed by atoms with E-state index in [-0.39, 0.29) is 23.9 Å². The molecular weight excluding hydrogens is 350 g/mol. The number of hydrogen-bond acceptors (Lipinski definition) is 5. The Labute approximate surface area is 156 Å². The van der Waals surface area contributed by atoms with E-state index in [1.165, 1.54) is 5.56 Å². The van der Waals surface area contributed by atoms with Gasteiger partial charge in [-0.3, -0.25) is 19.2 Å². The minimum Gasteiger partial charge on any atom is -0.325 e. The predicted octanol–water partition coefficient (Wildman–Crippen LogP) is 1.32. The van der Waals surface area contributed by atoms with E-state index in [1.807, 2.05) is 13.2 Å². The van der Waals surface area contributed by atoms with Crippen molar-refractivity contribution in [3.05, 3.63) is 34.8 Å². The fourth-order valence-electron chi connectivity index (χ4n) is 4.15. The largest absolute Gasteiger partial charge is 0.325 e. The van der Waals surface area contributed by atoms with Crippen molar-refractivity contribution in [2.24, 2.45) is 7.05 Å². The average Bonchev–Trinajstić information content (AvgIpc) is 3.33. The van der Waals surface area contributed by atoms with Crippen LogP contribution in [0.2, 0.25) is 0 Å². The molecule has 2 fully saturated rings. The lowest BCUT2D eigenvalue weighted by Gasteiger charge is -2.48. The monoisotopic (exact) mass is 373 g/mol. The van der Waals surface area contributed by atoms with Crippen molar-refractivity contribution in [3.63, 3.8) is 0 Å². The number of hydrogen-bond donors (Lipinski definition) is 0. The standard InChI is InChI=1S/C18H23N5O2S/c1-14(24)23-10-17(25)22(16-7-19-20(2)9-16)13-18(23)4-5-21(12-18)8-15-3-6-26-11-15/h3,6-7,9,11H,4-5,8,10,12-13H2,1-2H3/t18-/m0/s1. The van der Waals surface area contributed by atoms with Crippen molar-refractivity contribution in [2.75, 3.05) is 31.1 Å². The van der Waals surface area contributed by atoms with Crippen LogP contribution in [0.4, 0.5) is 5.69 Å². The number of aryl methyl sites for hydroxylation is 1. The van der Waals surface area contributed by atoms with Crippen LogP contribution in [0.15, 0.2) is 29.2 Å². The highest BCUT2D eigenvalue weighted by atomic mass is 32.1. The van der Waals surface area contributed by atoms with Crippen molar-refractivity contribution in [2.45, 2.75) is 25.4 Å². The van der Waals surface area contributed by atoms with Gasteiger partial charge in [0.1, 0.15) is 6.54 Å². The second kappa shape index (κ2) is 6.51. The molecule has 2 aromatic heterocycles. The summed E-state index contributed by atoms with van der Waals surface area (Å²) in [5, 5.41) is 8.45. The molecule has 0 aliphatic carbocycles. The molecule has 0 unspecified atom stereocenters. The molecule has 4 heterocycles. The summed E-state index contributed by atoms with van der Waals surface area (Å²) in [5.41, 5.74) is 1.78. The summed E-state index contributed by atoms with van der Waals surface area (Å²) in [5.74, 6) is -0.0725. The van der Waals surface area contributed by atoms with Gasteiger partial charge in [0.25, 0.3) is 0 Å². The first kappa shape index (κ1) is 17.2. The minimum atomic E-state index is -0.328. The predicted molar refractivity (Wildman–Crippen MR) is 99.9 cm³/mol. The topological polar surface area (TPSA) is 61.7 Å². The van der Waals surface area contributed by atoms with E-state index < -0.39 is 0 Å². The normalized spacial score (nSPS) is 24.0. The summed E-state index contributed by atoms with van der Waals surface area (Å²) < 4.78 is 1.70. The fraction of sp³-hybridized carbons (Fsp3) is 0.500. The van der Waals surface area contributed by atoms with E-state index >= 15 is 0 Å². The molecule has 26 heavy (non-hydrogen) atoms. The molecule has 2 amide bonds. The number of thiophene rings is 1. The first-order chi connectivity index (χ1) is 12.5. The highest BCUT2D eigenvalue weighted by Crippen LogP contribution is 2.35. The molecule has 1 spiro atoms. The number of carbonyl (C=O) groups excluding carboxylic acids is 2. The van der Waals surface area contributed by atoms with Gasteiger partial charge in [0.2, 0.25) is 11.8 Å². The third-order valence-corrected chi connectivity index (χ3v) is 6.13. The molecule has 1 atom stereocenters. The Kier molecular flexibility index (Phi) is 4.32. The zero-order chi connectivity index (χ0) is 18.3. The van der Waals surface area contributed by atoms with Gasteiger partial charge < -0.3 is 9.80 Å². The van der Waals surface area contributed by atoms with Gasteiger partial charge in [-0.25, -0.2) is 0 Å². The number of aromatic nitrogens is 2. The van der Waals surface area contributed by atoms with Gasteiger partial charge in [-0.2, -0.15) is 16.4 Å². The lowest BCUT2D eigenvalue weighted by molar-refractivity contribution is -0.142. The summed E-state index contributed by atoms with van der Waals surface area (Å²) in [6.45, 7) is 4.82. The van der Waals surface area contributed by atoms with Crippen LogP contribution in [0.25, 0.3) is 0 Å². The minimum absolute atomic E-state index is 0.0263. The first-order valence-corrected chi connectivity index (χ1v) is 9.72. The molecule has 0 saturated carbocycles. The highest BCUT2D eigenvalue weighted by molar-refractivity contribution is 7.07. The van der Waals surface area contributed by atoms with E-state index in [4.69, 9.17) is 0 Å². The Balaban J connectivity index is 1.58. The van der Waals surface area contributed by atoms with Crippen LogP contribution in [0, 0.1) is 0 Å². The Bertz CT molecular complexity index is 817. The van der Waals surface area contributed by atoms with Gasteiger partial charge in [0.15, 0.2) is 0 Å². The molecule has 4 rings (SSSR count). The zero-order valence-electron chi connectivity index (χ0n) is 15.1. The zero-order valence-corrected chi connectivity index (χ0v) is 15.9. The Hall–Kier alpha value is -2.19. The van der Waals surface area contributed by atoms with Crippen LogP contribution in [0.5, 0.6) is 0 Å². The molecular formula is C18H23N5O2S. The molecule has 7 nitrogen and oxygen atoms in total. The van der Waals surface area contributed by atoms with Crippen LogP contribution < -0.4 is 4.90 Å². The number of rotatable bonds is 3. The molecule has 138 valence electrons. The smallest absolute Gasteiger partial charge is 0.246 e. The van der Waals surface area contributed by atoms with Gasteiger partial charge in [0, 0.05) is 39.8 Å².